The lowest BCUT2D eigenvalue weighted by Gasteiger charge is -2.16. The zero-order chi connectivity index (χ0) is 18.7. The van der Waals surface area contributed by atoms with Crippen LogP contribution >= 0.6 is 34.4 Å². The van der Waals surface area contributed by atoms with Crippen LogP contribution in [0.3, 0.4) is 0 Å². The second-order valence-electron chi connectivity index (χ2n) is 6.00. The van der Waals surface area contributed by atoms with E-state index in [4.69, 9.17) is 0 Å². The SMILES string of the molecule is CC(C)n1c(SCC(=O)Nc2ccccc2I)nc2ccccc2c1=O. The van der Waals surface area contributed by atoms with E-state index in [0.29, 0.717) is 16.1 Å². The minimum atomic E-state index is -0.128. The number of nitrogens with one attached hydrogen (secondary N) is 1. The number of aromatic nitrogens is 2. The van der Waals surface area contributed by atoms with Crippen LogP contribution in [0.4, 0.5) is 5.69 Å². The average Bonchev–Trinajstić information content (AvgIpc) is 2.61. The van der Waals surface area contributed by atoms with Gasteiger partial charge >= 0.3 is 0 Å². The van der Waals surface area contributed by atoms with Crippen molar-refractivity contribution in [3.8, 4) is 0 Å². The molecule has 5 nitrogen and oxygen atoms in total. The van der Waals surface area contributed by atoms with Gasteiger partial charge in [0, 0.05) is 9.61 Å². The van der Waals surface area contributed by atoms with Gasteiger partial charge in [0.15, 0.2) is 5.16 Å². The number of carbonyl (C=O) groups excluding carboxylic acids is 1. The zero-order valence-corrected chi connectivity index (χ0v) is 17.4. The van der Waals surface area contributed by atoms with Gasteiger partial charge < -0.3 is 5.32 Å². The number of amides is 1. The molecule has 0 radical (unpaired) electrons. The van der Waals surface area contributed by atoms with E-state index in [-0.39, 0.29) is 23.3 Å². The van der Waals surface area contributed by atoms with Crippen LogP contribution in [-0.2, 0) is 4.79 Å². The lowest BCUT2D eigenvalue weighted by molar-refractivity contribution is -0.113. The van der Waals surface area contributed by atoms with Gasteiger partial charge in [-0.25, -0.2) is 4.98 Å². The fourth-order valence-corrected chi connectivity index (χ4v) is 4.01. The number of hydrogen-bond acceptors (Lipinski definition) is 4. The lowest BCUT2D eigenvalue weighted by Crippen LogP contribution is -2.25. The molecule has 0 fully saturated rings. The molecule has 0 bridgehead atoms. The molecular formula is C19H18IN3O2S. The van der Waals surface area contributed by atoms with Crippen LogP contribution in [0.1, 0.15) is 19.9 Å². The summed E-state index contributed by atoms with van der Waals surface area (Å²) in [5.74, 6) is 0.0551. The standard InChI is InChI=1S/C19H18IN3O2S/c1-12(2)23-18(25)13-7-3-5-9-15(13)22-19(23)26-11-17(24)21-16-10-6-4-8-14(16)20/h3-10,12H,11H2,1-2H3,(H,21,24). The maximum atomic E-state index is 12.8. The maximum absolute atomic E-state index is 12.8. The number of anilines is 1. The van der Waals surface area contributed by atoms with Gasteiger partial charge in [-0.2, -0.15) is 0 Å². The van der Waals surface area contributed by atoms with Crippen LogP contribution in [0.5, 0.6) is 0 Å². The Morgan fingerprint density at radius 3 is 2.62 bits per heavy atom. The van der Waals surface area contributed by atoms with Crippen LogP contribution < -0.4 is 10.9 Å². The normalized spacial score (nSPS) is 11.1. The third-order valence-corrected chi connectivity index (χ3v) is 5.67. The van der Waals surface area contributed by atoms with E-state index in [1.165, 1.54) is 11.8 Å². The number of benzene rings is 2. The van der Waals surface area contributed by atoms with Gasteiger partial charge in [-0.3, -0.25) is 14.2 Å². The Morgan fingerprint density at radius 1 is 1.19 bits per heavy atom. The molecule has 1 N–H and O–H groups in total. The first-order valence-corrected chi connectivity index (χ1v) is 10.2. The van der Waals surface area contributed by atoms with Crippen molar-refractivity contribution in [1.82, 2.24) is 9.55 Å². The highest BCUT2D eigenvalue weighted by atomic mass is 127. The molecule has 134 valence electrons. The molecule has 7 heteroatoms. The smallest absolute Gasteiger partial charge is 0.262 e. The number of halogens is 1. The third-order valence-electron chi connectivity index (χ3n) is 3.77. The van der Waals surface area contributed by atoms with Crippen LogP contribution in [0, 0.1) is 3.57 Å². The number of carbonyl (C=O) groups is 1. The highest BCUT2D eigenvalue weighted by molar-refractivity contribution is 14.1. The quantitative estimate of drug-likeness (QED) is 0.337. The van der Waals surface area contributed by atoms with Crippen molar-refractivity contribution in [2.45, 2.75) is 25.0 Å². The first-order chi connectivity index (χ1) is 12.5. The largest absolute Gasteiger partial charge is 0.324 e. The zero-order valence-electron chi connectivity index (χ0n) is 14.4. The van der Waals surface area contributed by atoms with Gasteiger partial charge in [0.25, 0.3) is 5.56 Å². The summed E-state index contributed by atoms with van der Waals surface area (Å²) in [6, 6.07) is 14.8. The summed E-state index contributed by atoms with van der Waals surface area (Å²) in [4.78, 5) is 29.7. The summed E-state index contributed by atoms with van der Waals surface area (Å²) >= 11 is 3.46. The minimum Gasteiger partial charge on any atom is -0.324 e. The molecule has 1 amide bonds. The fourth-order valence-electron chi connectivity index (χ4n) is 2.56. The van der Waals surface area contributed by atoms with E-state index < -0.39 is 0 Å². The highest BCUT2D eigenvalue weighted by Crippen LogP contribution is 2.22. The monoisotopic (exact) mass is 479 g/mol. The Balaban J connectivity index is 1.84. The third kappa shape index (κ3) is 4.09. The summed E-state index contributed by atoms with van der Waals surface area (Å²) in [6.45, 7) is 3.88. The Bertz CT molecular complexity index is 1020. The van der Waals surface area contributed by atoms with Crippen molar-refractivity contribution in [2.75, 3.05) is 11.1 Å². The molecule has 3 aromatic rings. The molecule has 1 heterocycles. The molecule has 3 rings (SSSR count). The predicted molar refractivity (Wildman–Crippen MR) is 115 cm³/mol. The Labute approximate surface area is 169 Å². The lowest BCUT2D eigenvalue weighted by atomic mass is 10.2. The van der Waals surface area contributed by atoms with Crippen molar-refractivity contribution in [1.29, 1.82) is 0 Å². The molecule has 0 atom stereocenters. The summed E-state index contributed by atoms with van der Waals surface area (Å²) in [7, 11) is 0. The van der Waals surface area contributed by atoms with E-state index in [2.05, 4.69) is 32.9 Å². The first-order valence-electron chi connectivity index (χ1n) is 8.16. The second kappa shape index (κ2) is 8.22. The second-order valence-corrected chi connectivity index (χ2v) is 8.10. The van der Waals surface area contributed by atoms with Crippen LogP contribution in [-0.4, -0.2) is 21.2 Å². The molecule has 1 aromatic heterocycles. The summed E-state index contributed by atoms with van der Waals surface area (Å²) in [5.41, 5.74) is 1.35. The Hall–Kier alpha value is -1.87. The van der Waals surface area contributed by atoms with Crippen molar-refractivity contribution in [2.24, 2.45) is 0 Å². The van der Waals surface area contributed by atoms with Crippen molar-refractivity contribution < 1.29 is 4.79 Å². The number of hydrogen-bond donors (Lipinski definition) is 1. The van der Waals surface area contributed by atoms with Gasteiger partial charge in [-0.15, -0.1) is 0 Å². The molecule has 2 aromatic carbocycles. The molecule has 0 saturated carbocycles. The van der Waals surface area contributed by atoms with Gasteiger partial charge in [0.1, 0.15) is 0 Å². The van der Waals surface area contributed by atoms with E-state index in [1.54, 1.807) is 10.6 Å². The topological polar surface area (TPSA) is 64.0 Å². The van der Waals surface area contributed by atoms with E-state index in [1.807, 2.05) is 56.3 Å². The molecule has 26 heavy (non-hydrogen) atoms. The highest BCUT2D eigenvalue weighted by Gasteiger charge is 2.15. The molecule has 0 aliphatic heterocycles. The summed E-state index contributed by atoms with van der Waals surface area (Å²) in [6.07, 6.45) is 0. The molecule has 0 unspecified atom stereocenters. The van der Waals surface area contributed by atoms with E-state index >= 15 is 0 Å². The Morgan fingerprint density at radius 2 is 1.88 bits per heavy atom. The first kappa shape index (κ1) is 18.9. The molecular weight excluding hydrogens is 461 g/mol. The minimum absolute atomic E-state index is 0.0414. The van der Waals surface area contributed by atoms with E-state index in [9.17, 15) is 9.59 Å². The number of nitrogens with zero attached hydrogens (tertiary/aromatic N) is 2. The number of thioether (sulfide) groups is 1. The van der Waals surface area contributed by atoms with Gasteiger partial charge in [-0.05, 0) is 60.7 Å². The molecule has 0 spiro atoms. The average molecular weight is 479 g/mol. The molecule has 0 aliphatic rings. The summed E-state index contributed by atoms with van der Waals surface area (Å²) in [5, 5.41) is 4.05. The fraction of sp³-hybridized carbons (Fsp3) is 0.211. The van der Waals surface area contributed by atoms with Gasteiger partial charge in [0.05, 0.1) is 22.3 Å². The molecule has 0 saturated heterocycles. The van der Waals surface area contributed by atoms with Crippen molar-refractivity contribution in [3.05, 3.63) is 62.5 Å². The Kier molecular flexibility index (Phi) is 5.98. The summed E-state index contributed by atoms with van der Waals surface area (Å²) < 4.78 is 2.62. The van der Waals surface area contributed by atoms with Gasteiger partial charge in [0.2, 0.25) is 5.91 Å². The van der Waals surface area contributed by atoms with Crippen molar-refractivity contribution in [3.63, 3.8) is 0 Å². The van der Waals surface area contributed by atoms with Crippen LogP contribution in [0.25, 0.3) is 10.9 Å². The van der Waals surface area contributed by atoms with Crippen LogP contribution in [0.15, 0.2) is 58.5 Å². The van der Waals surface area contributed by atoms with Crippen molar-refractivity contribution >= 4 is 56.9 Å². The predicted octanol–water partition coefficient (Wildman–Crippen LogP) is 4.31. The van der Waals surface area contributed by atoms with E-state index in [0.717, 1.165) is 9.26 Å². The number of para-hydroxylation sites is 2. The number of rotatable bonds is 5. The van der Waals surface area contributed by atoms with Crippen LogP contribution in [0.2, 0.25) is 0 Å². The molecule has 0 aliphatic carbocycles. The maximum Gasteiger partial charge on any atom is 0.262 e. The number of fused-ring (bicyclic) bond motifs is 1. The van der Waals surface area contributed by atoms with Gasteiger partial charge in [-0.1, -0.05) is 36.0 Å².